The van der Waals surface area contributed by atoms with Gasteiger partial charge < -0.3 is 9.97 Å². The summed E-state index contributed by atoms with van der Waals surface area (Å²) < 4.78 is 0. The third kappa shape index (κ3) is 4.06. The molecule has 34 heavy (non-hydrogen) atoms. The van der Waals surface area contributed by atoms with Crippen molar-refractivity contribution in [1.29, 1.82) is 0 Å². The van der Waals surface area contributed by atoms with Crippen LogP contribution in [-0.2, 0) is 24.2 Å². The Morgan fingerprint density at radius 3 is 1.74 bits per heavy atom. The van der Waals surface area contributed by atoms with Gasteiger partial charge in [-0.15, -0.1) is 0 Å². The molecule has 1 aliphatic rings. The standard InChI is InChI=1S/C30H29N3O/c34-30-24(14-22-16-31-28-12-6-4-10-26(22)28)19-33(18-21-8-2-1-3-9-21)20-25(30)15-23-17-32-29-13-7-5-11-27(23)29/h1-13,16-17,24-25,31-32H,14-15,18-20H2/t24-,25+. The molecule has 0 saturated carbocycles. The fraction of sp³-hybridized carbons (Fsp3) is 0.233. The Balaban J connectivity index is 1.29. The van der Waals surface area contributed by atoms with E-state index < -0.39 is 0 Å². The minimum atomic E-state index is -0.00752. The monoisotopic (exact) mass is 447 g/mol. The van der Waals surface area contributed by atoms with Crippen LogP contribution in [0.25, 0.3) is 21.8 Å². The minimum absolute atomic E-state index is 0.00752. The number of para-hydroxylation sites is 2. The van der Waals surface area contributed by atoms with Gasteiger partial charge in [0.05, 0.1) is 0 Å². The number of benzene rings is 3. The van der Waals surface area contributed by atoms with Crippen LogP contribution in [0.3, 0.4) is 0 Å². The molecule has 2 aromatic heterocycles. The molecule has 0 aliphatic carbocycles. The number of fused-ring (bicyclic) bond motifs is 2. The van der Waals surface area contributed by atoms with E-state index in [1.54, 1.807) is 0 Å². The molecule has 1 fully saturated rings. The molecule has 0 amide bonds. The number of piperidine rings is 1. The molecule has 2 N–H and O–H groups in total. The summed E-state index contributed by atoms with van der Waals surface area (Å²) in [6, 6.07) is 27.4. The van der Waals surface area contributed by atoms with Crippen LogP contribution in [0.4, 0.5) is 0 Å². The Bertz CT molecular complexity index is 1340. The highest BCUT2D eigenvalue weighted by Gasteiger charge is 2.36. The van der Waals surface area contributed by atoms with E-state index in [9.17, 15) is 4.79 Å². The molecule has 0 bridgehead atoms. The Kier molecular flexibility index (Phi) is 5.52. The zero-order valence-corrected chi connectivity index (χ0v) is 19.2. The third-order valence-electron chi connectivity index (χ3n) is 7.29. The number of nitrogens with zero attached hydrogens (tertiary/aromatic N) is 1. The Morgan fingerprint density at radius 1 is 0.676 bits per heavy atom. The van der Waals surface area contributed by atoms with Crippen LogP contribution >= 0.6 is 0 Å². The van der Waals surface area contributed by atoms with Crippen LogP contribution in [0.1, 0.15) is 16.7 Å². The first kappa shape index (κ1) is 20.9. The van der Waals surface area contributed by atoms with Crippen LogP contribution in [0.5, 0.6) is 0 Å². The van der Waals surface area contributed by atoms with Crippen LogP contribution < -0.4 is 0 Å². The summed E-state index contributed by atoms with van der Waals surface area (Å²) >= 11 is 0. The molecular formula is C30H29N3O. The highest BCUT2D eigenvalue weighted by Crippen LogP contribution is 2.30. The second-order valence-electron chi connectivity index (χ2n) is 9.60. The fourth-order valence-electron chi connectivity index (χ4n) is 5.64. The van der Waals surface area contributed by atoms with Crippen molar-refractivity contribution in [1.82, 2.24) is 14.9 Å². The van der Waals surface area contributed by atoms with Crippen LogP contribution in [0.2, 0.25) is 0 Å². The number of Topliss-reactive ketones (excluding diaryl/α,β-unsaturated/α-hetero) is 1. The summed E-state index contributed by atoms with van der Waals surface area (Å²) in [6.07, 6.45) is 5.72. The zero-order valence-electron chi connectivity index (χ0n) is 19.2. The average Bonchev–Trinajstić information content (AvgIpc) is 3.47. The number of likely N-dealkylation sites (tertiary alicyclic amines) is 1. The molecule has 3 heterocycles. The van der Waals surface area contributed by atoms with Crippen molar-refractivity contribution in [2.75, 3.05) is 13.1 Å². The maximum atomic E-state index is 13.8. The highest BCUT2D eigenvalue weighted by molar-refractivity contribution is 5.89. The van der Waals surface area contributed by atoms with Crippen molar-refractivity contribution in [3.8, 4) is 0 Å². The molecule has 0 unspecified atom stereocenters. The average molecular weight is 448 g/mol. The zero-order chi connectivity index (χ0) is 22.9. The van der Waals surface area contributed by atoms with Gasteiger partial charge in [-0.25, -0.2) is 0 Å². The van der Waals surface area contributed by atoms with Gasteiger partial charge in [-0.3, -0.25) is 9.69 Å². The number of hydrogen-bond donors (Lipinski definition) is 2. The third-order valence-corrected chi connectivity index (χ3v) is 7.29. The van der Waals surface area contributed by atoms with E-state index in [-0.39, 0.29) is 11.8 Å². The van der Waals surface area contributed by atoms with Crippen LogP contribution in [-0.4, -0.2) is 33.7 Å². The van der Waals surface area contributed by atoms with E-state index in [1.807, 2.05) is 12.1 Å². The van der Waals surface area contributed by atoms with E-state index in [2.05, 4.69) is 94.0 Å². The summed E-state index contributed by atoms with van der Waals surface area (Å²) in [5.74, 6) is 0.388. The summed E-state index contributed by atoms with van der Waals surface area (Å²) in [4.78, 5) is 23.0. The number of H-pyrrole nitrogens is 2. The number of nitrogens with one attached hydrogen (secondary N) is 2. The van der Waals surface area contributed by atoms with E-state index in [0.717, 1.165) is 43.5 Å². The first-order chi connectivity index (χ1) is 16.7. The number of aromatic amines is 2. The van der Waals surface area contributed by atoms with E-state index in [1.165, 1.54) is 27.5 Å². The molecule has 1 saturated heterocycles. The van der Waals surface area contributed by atoms with Crippen molar-refractivity contribution in [2.45, 2.75) is 19.4 Å². The molecule has 5 aromatic rings. The van der Waals surface area contributed by atoms with Crippen LogP contribution in [0, 0.1) is 11.8 Å². The SMILES string of the molecule is O=C1[C@H](Cc2c[nH]c3ccccc23)CN(Cc2ccccc2)C[C@@H]1Cc1c[nH]c2ccccc12. The van der Waals surface area contributed by atoms with Gasteiger partial charge >= 0.3 is 0 Å². The first-order valence-electron chi connectivity index (χ1n) is 12.1. The van der Waals surface area contributed by atoms with Gasteiger partial charge in [0.15, 0.2) is 0 Å². The predicted octanol–water partition coefficient (Wildman–Crippen LogP) is 5.75. The molecule has 3 aromatic carbocycles. The molecule has 0 spiro atoms. The smallest absolute Gasteiger partial charge is 0.142 e. The van der Waals surface area contributed by atoms with Crippen molar-refractivity contribution < 1.29 is 4.79 Å². The summed E-state index contributed by atoms with van der Waals surface area (Å²) in [6.45, 7) is 2.48. The van der Waals surface area contributed by atoms with Crippen molar-refractivity contribution in [3.63, 3.8) is 0 Å². The van der Waals surface area contributed by atoms with Gasteiger partial charge in [-0.05, 0) is 41.7 Å². The number of rotatable bonds is 6. The fourth-order valence-corrected chi connectivity index (χ4v) is 5.64. The lowest BCUT2D eigenvalue weighted by Gasteiger charge is -2.37. The second kappa shape index (κ2) is 8.96. The van der Waals surface area contributed by atoms with E-state index in [4.69, 9.17) is 0 Å². The maximum Gasteiger partial charge on any atom is 0.142 e. The Labute approximate surface area is 199 Å². The molecule has 1 aliphatic heterocycles. The molecule has 4 heteroatoms. The molecule has 4 nitrogen and oxygen atoms in total. The number of hydrogen-bond acceptors (Lipinski definition) is 2. The molecule has 0 radical (unpaired) electrons. The lowest BCUT2D eigenvalue weighted by Crippen LogP contribution is -2.47. The van der Waals surface area contributed by atoms with E-state index >= 15 is 0 Å². The largest absolute Gasteiger partial charge is 0.361 e. The number of carbonyl (C=O) groups is 1. The molecule has 6 rings (SSSR count). The molecule has 170 valence electrons. The molecular weight excluding hydrogens is 418 g/mol. The van der Waals surface area contributed by atoms with Gasteiger partial charge in [0.25, 0.3) is 0 Å². The Hall–Kier alpha value is -3.63. The number of ketones is 1. The van der Waals surface area contributed by atoms with Crippen molar-refractivity contribution >= 4 is 27.6 Å². The number of aromatic nitrogens is 2. The normalized spacial score (nSPS) is 19.2. The summed E-state index contributed by atoms with van der Waals surface area (Å²) in [5.41, 5.74) is 6.05. The quantitative estimate of drug-likeness (QED) is 0.348. The number of carbonyl (C=O) groups excluding carboxylic acids is 1. The lowest BCUT2D eigenvalue weighted by molar-refractivity contribution is -0.131. The Morgan fingerprint density at radius 2 is 1.18 bits per heavy atom. The summed E-state index contributed by atoms with van der Waals surface area (Å²) in [5, 5.41) is 2.45. The minimum Gasteiger partial charge on any atom is -0.361 e. The topological polar surface area (TPSA) is 51.9 Å². The van der Waals surface area contributed by atoms with Gasteiger partial charge in [0.2, 0.25) is 0 Å². The predicted molar refractivity (Wildman–Crippen MR) is 138 cm³/mol. The van der Waals surface area contributed by atoms with Gasteiger partial charge in [-0.1, -0.05) is 66.7 Å². The lowest BCUT2D eigenvalue weighted by atomic mass is 9.80. The van der Waals surface area contributed by atoms with Crippen molar-refractivity contribution in [3.05, 3.63) is 108 Å². The molecule has 2 atom stereocenters. The van der Waals surface area contributed by atoms with Gasteiger partial charge in [0, 0.05) is 65.7 Å². The van der Waals surface area contributed by atoms with E-state index in [0.29, 0.717) is 5.78 Å². The van der Waals surface area contributed by atoms with Crippen molar-refractivity contribution in [2.24, 2.45) is 11.8 Å². The van der Waals surface area contributed by atoms with Gasteiger partial charge in [0.1, 0.15) is 5.78 Å². The summed E-state index contributed by atoms with van der Waals surface area (Å²) in [7, 11) is 0. The second-order valence-corrected chi connectivity index (χ2v) is 9.60. The van der Waals surface area contributed by atoms with Gasteiger partial charge in [-0.2, -0.15) is 0 Å². The van der Waals surface area contributed by atoms with Crippen LogP contribution in [0.15, 0.2) is 91.3 Å². The first-order valence-corrected chi connectivity index (χ1v) is 12.1. The highest BCUT2D eigenvalue weighted by atomic mass is 16.1. The maximum absolute atomic E-state index is 13.8.